The summed E-state index contributed by atoms with van der Waals surface area (Å²) in [7, 11) is 1.69. The highest BCUT2D eigenvalue weighted by Crippen LogP contribution is 2.20. The Morgan fingerprint density at radius 3 is 2.81 bits per heavy atom. The number of hydrogen-bond donors (Lipinski definition) is 1. The van der Waals surface area contributed by atoms with E-state index in [2.05, 4.69) is 29.2 Å². The van der Waals surface area contributed by atoms with Crippen molar-refractivity contribution < 1.29 is 13.9 Å². The minimum atomic E-state index is -0.462. The lowest BCUT2D eigenvalue weighted by Crippen LogP contribution is -2.25. The Balaban J connectivity index is 1.93. The quantitative estimate of drug-likeness (QED) is 0.611. The van der Waals surface area contributed by atoms with Crippen LogP contribution in [-0.2, 0) is 13.6 Å². The van der Waals surface area contributed by atoms with E-state index in [1.165, 1.54) is 4.68 Å². The second-order valence-corrected chi connectivity index (χ2v) is 5.91. The number of carbonyl (C=O) groups is 1. The lowest BCUT2D eigenvalue weighted by atomic mass is 10.2. The smallest absolute Gasteiger partial charge is 0.269 e. The van der Waals surface area contributed by atoms with E-state index >= 15 is 0 Å². The van der Waals surface area contributed by atoms with Crippen LogP contribution in [0.25, 0.3) is 0 Å². The summed E-state index contributed by atoms with van der Waals surface area (Å²) in [6.45, 7) is 4.28. The van der Waals surface area contributed by atoms with E-state index in [0.717, 1.165) is 18.5 Å². The number of aryl methyl sites for hydroxylation is 2. The molecule has 1 aromatic heterocycles. The molecule has 0 saturated carbocycles. The molecule has 5 nitrogen and oxygen atoms in total. The van der Waals surface area contributed by atoms with Gasteiger partial charge < -0.3 is 10.1 Å². The maximum Gasteiger partial charge on any atom is 0.269 e. The predicted octanol–water partition coefficient (Wildman–Crippen LogP) is 3.37. The molecule has 0 aliphatic carbocycles. The number of aromatic nitrogens is 2. The Hall–Kier alpha value is -2.81. The molecule has 0 radical (unpaired) electrons. The van der Waals surface area contributed by atoms with E-state index in [1.54, 1.807) is 31.3 Å². The number of hydrogen-bond acceptors (Lipinski definition) is 3. The molecule has 0 aliphatic rings. The number of benzene rings is 1. The van der Waals surface area contributed by atoms with Gasteiger partial charge in [-0.25, -0.2) is 4.39 Å². The van der Waals surface area contributed by atoms with E-state index in [4.69, 9.17) is 4.74 Å². The molecule has 1 aromatic carbocycles. The highest BCUT2D eigenvalue weighted by Gasteiger charge is 2.14. The number of unbranched alkanes of at least 4 members (excludes halogenated alkanes) is 1. The normalized spacial score (nSPS) is 10.2. The standard InChI is InChI=1S/C20H24FN3O2/c1-4-5-6-7-8-12-26-18-11-9-10-16(19(18)21)14-22-20(25)17-13-15(2)23-24(17)3/h9-11,13H,4-5,8,12,14H2,1-3H3,(H,22,25). The van der Waals surface area contributed by atoms with E-state index in [-0.39, 0.29) is 18.2 Å². The van der Waals surface area contributed by atoms with Gasteiger partial charge in [-0.05, 0) is 25.5 Å². The first-order chi connectivity index (χ1) is 12.5. The van der Waals surface area contributed by atoms with Crippen molar-refractivity contribution >= 4 is 5.91 Å². The summed E-state index contributed by atoms with van der Waals surface area (Å²) in [6, 6.07) is 6.59. The fraction of sp³-hybridized carbons (Fsp3) is 0.400. The number of carbonyl (C=O) groups excluding carboxylic acids is 1. The molecule has 0 aliphatic heterocycles. The summed E-state index contributed by atoms with van der Waals surface area (Å²) in [4.78, 5) is 12.2. The number of amides is 1. The third-order valence-electron chi connectivity index (χ3n) is 3.70. The first-order valence-corrected chi connectivity index (χ1v) is 8.67. The van der Waals surface area contributed by atoms with Crippen LogP contribution in [0.4, 0.5) is 4.39 Å². The molecule has 138 valence electrons. The van der Waals surface area contributed by atoms with Gasteiger partial charge in [0.25, 0.3) is 5.91 Å². The van der Waals surface area contributed by atoms with Crippen molar-refractivity contribution in [2.75, 3.05) is 6.61 Å². The van der Waals surface area contributed by atoms with E-state index in [1.807, 2.05) is 6.92 Å². The largest absolute Gasteiger partial charge is 0.490 e. The van der Waals surface area contributed by atoms with Gasteiger partial charge >= 0.3 is 0 Å². The summed E-state index contributed by atoms with van der Waals surface area (Å²) in [5.41, 5.74) is 1.55. The number of halogens is 1. The van der Waals surface area contributed by atoms with Crippen LogP contribution in [0.2, 0.25) is 0 Å². The van der Waals surface area contributed by atoms with E-state index < -0.39 is 5.82 Å². The summed E-state index contributed by atoms with van der Waals surface area (Å²) in [6.07, 6.45) is 2.44. The van der Waals surface area contributed by atoms with Crippen molar-refractivity contribution in [2.24, 2.45) is 7.05 Å². The first-order valence-electron chi connectivity index (χ1n) is 8.67. The summed E-state index contributed by atoms with van der Waals surface area (Å²) < 4.78 is 21.5. The highest BCUT2D eigenvalue weighted by atomic mass is 19.1. The second kappa shape index (κ2) is 9.62. The van der Waals surface area contributed by atoms with Crippen LogP contribution in [0.3, 0.4) is 0 Å². The molecule has 1 N–H and O–H groups in total. The number of nitrogens with one attached hydrogen (secondary N) is 1. The first kappa shape index (κ1) is 19.5. The molecule has 2 rings (SSSR count). The number of nitrogens with zero attached hydrogens (tertiary/aromatic N) is 2. The number of ether oxygens (including phenoxy) is 1. The second-order valence-electron chi connectivity index (χ2n) is 5.91. The molecule has 26 heavy (non-hydrogen) atoms. The van der Waals surface area contributed by atoms with Crippen molar-refractivity contribution in [3.8, 4) is 17.6 Å². The van der Waals surface area contributed by atoms with Gasteiger partial charge in [-0.2, -0.15) is 5.10 Å². The molecule has 6 heteroatoms. The lowest BCUT2D eigenvalue weighted by Gasteiger charge is -2.10. The minimum absolute atomic E-state index is 0.0718. The maximum atomic E-state index is 14.5. The Labute approximate surface area is 153 Å². The van der Waals surface area contributed by atoms with Gasteiger partial charge in [-0.1, -0.05) is 25.0 Å². The molecular weight excluding hydrogens is 333 g/mol. The molecule has 2 aromatic rings. The van der Waals surface area contributed by atoms with Gasteiger partial charge in [-0.15, -0.1) is 5.92 Å². The van der Waals surface area contributed by atoms with Crippen molar-refractivity contribution in [2.45, 2.75) is 39.7 Å². The molecule has 1 amide bonds. The van der Waals surface area contributed by atoms with Gasteiger partial charge in [0, 0.05) is 32.0 Å². The van der Waals surface area contributed by atoms with Gasteiger partial charge in [0.05, 0.1) is 12.3 Å². The Morgan fingerprint density at radius 2 is 2.12 bits per heavy atom. The van der Waals surface area contributed by atoms with Gasteiger partial charge in [0.15, 0.2) is 11.6 Å². The molecule has 0 spiro atoms. The third-order valence-corrected chi connectivity index (χ3v) is 3.70. The number of rotatable bonds is 7. The predicted molar refractivity (Wildman–Crippen MR) is 98.3 cm³/mol. The topological polar surface area (TPSA) is 56.1 Å². The maximum absolute atomic E-state index is 14.5. The van der Waals surface area contributed by atoms with Crippen molar-refractivity contribution in [3.63, 3.8) is 0 Å². The van der Waals surface area contributed by atoms with Crippen LogP contribution in [-0.4, -0.2) is 22.3 Å². The van der Waals surface area contributed by atoms with Crippen LogP contribution in [0.15, 0.2) is 24.3 Å². The molecular formula is C20H24FN3O2. The Kier molecular flexibility index (Phi) is 7.22. The van der Waals surface area contributed by atoms with E-state index in [0.29, 0.717) is 24.3 Å². The van der Waals surface area contributed by atoms with Crippen LogP contribution in [0.5, 0.6) is 5.75 Å². The highest BCUT2D eigenvalue weighted by molar-refractivity contribution is 5.92. The van der Waals surface area contributed by atoms with Crippen LogP contribution in [0.1, 0.15) is 47.9 Å². The van der Waals surface area contributed by atoms with Crippen LogP contribution < -0.4 is 10.1 Å². The summed E-state index contributed by atoms with van der Waals surface area (Å²) in [5.74, 6) is 5.43. The van der Waals surface area contributed by atoms with E-state index in [9.17, 15) is 9.18 Å². The van der Waals surface area contributed by atoms with Crippen molar-refractivity contribution in [3.05, 3.63) is 47.0 Å². The van der Waals surface area contributed by atoms with Crippen molar-refractivity contribution in [1.82, 2.24) is 15.1 Å². The van der Waals surface area contributed by atoms with Gasteiger partial charge in [0.1, 0.15) is 5.69 Å². The zero-order chi connectivity index (χ0) is 18.9. The molecule has 0 atom stereocenters. The minimum Gasteiger partial charge on any atom is -0.490 e. The average Bonchev–Trinajstić information content (AvgIpc) is 2.96. The SMILES string of the molecule is CCCC#CCCOc1cccc(CNC(=O)c2cc(C)nn2C)c1F. The summed E-state index contributed by atoms with van der Waals surface area (Å²) in [5, 5.41) is 6.84. The van der Waals surface area contributed by atoms with Crippen LogP contribution >= 0.6 is 0 Å². The van der Waals surface area contributed by atoms with Gasteiger partial charge in [-0.3, -0.25) is 9.48 Å². The van der Waals surface area contributed by atoms with Crippen LogP contribution in [0, 0.1) is 24.6 Å². The average molecular weight is 357 g/mol. The molecule has 0 unspecified atom stereocenters. The molecule has 0 saturated heterocycles. The molecule has 0 fully saturated rings. The lowest BCUT2D eigenvalue weighted by molar-refractivity contribution is 0.0941. The fourth-order valence-electron chi connectivity index (χ4n) is 2.41. The van der Waals surface area contributed by atoms with Gasteiger partial charge in [0.2, 0.25) is 0 Å². The zero-order valence-electron chi connectivity index (χ0n) is 15.4. The summed E-state index contributed by atoms with van der Waals surface area (Å²) >= 11 is 0. The Bertz CT molecular complexity index is 818. The van der Waals surface area contributed by atoms with Crippen molar-refractivity contribution in [1.29, 1.82) is 0 Å². The fourth-order valence-corrected chi connectivity index (χ4v) is 2.41. The third kappa shape index (κ3) is 5.35. The molecule has 1 heterocycles. The Morgan fingerprint density at radius 1 is 1.35 bits per heavy atom. The monoisotopic (exact) mass is 357 g/mol. The zero-order valence-corrected chi connectivity index (χ0v) is 15.4. The molecule has 0 bridgehead atoms.